The lowest BCUT2D eigenvalue weighted by atomic mass is 10.1. The highest BCUT2D eigenvalue weighted by Crippen LogP contribution is 2.22. The fraction of sp³-hybridized carbons (Fsp3) is 0.333. The third-order valence-electron chi connectivity index (χ3n) is 3.15. The van der Waals surface area contributed by atoms with E-state index in [0.29, 0.717) is 10.9 Å². The molecule has 4 nitrogen and oxygen atoms in total. The van der Waals surface area contributed by atoms with E-state index in [9.17, 15) is 9.59 Å². The molecule has 2 aromatic rings. The Labute approximate surface area is 93.1 Å². The van der Waals surface area contributed by atoms with E-state index in [1.165, 1.54) is 4.57 Å². The number of rotatable bonds is 1. The summed E-state index contributed by atoms with van der Waals surface area (Å²) in [4.78, 5) is 23.1. The van der Waals surface area contributed by atoms with E-state index >= 15 is 0 Å². The maximum atomic E-state index is 12.0. The lowest BCUT2D eigenvalue weighted by Gasteiger charge is -2.04. The first-order valence-corrected chi connectivity index (χ1v) is 5.09. The van der Waals surface area contributed by atoms with Gasteiger partial charge >= 0.3 is 0 Å². The molecule has 0 fully saturated rings. The highest BCUT2D eigenvalue weighted by Gasteiger charge is 2.16. The van der Waals surface area contributed by atoms with Crippen molar-refractivity contribution in [2.45, 2.75) is 13.8 Å². The molecule has 2 heterocycles. The minimum atomic E-state index is -0.119. The summed E-state index contributed by atoms with van der Waals surface area (Å²) >= 11 is 0. The lowest BCUT2D eigenvalue weighted by Crippen LogP contribution is -2.17. The minimum absolute atomic E-state index is 0.119. The number of fused-ring (bicyclic) bond motifs is 1. The van der Waals surface area contributed by atoms with Crippen LogP contribution in [0.1, 0.15) is 21.6 Å². The average molecular weight is 218 g/mol. The summed E-state index contributed by atoms with van der Waals surface area (Å²) in [6.07, 6.45) is 2.55. The highest BCUT2D eigenvalue weighted by molar-refractivity contribution is 5.99. The minimum Gasteiger partial charge on any atom is -0.347 e. The van der Waals surface area contributed by atoms with Gasteiger partial charge < -0.3 is 9.13 Å². The average Bonchev–Trinajstić information content (AvgIpc) is 2.49. The lowest BCUT2D eigenvalue weighted by molar-refractivity contribution is 0.112. The maximum absolute atomic E-state index is 12.0. The highest BCUT2D eigenvalue weighted by atomic mass is 16.1. The van der Waals surface area contributed by atoms with E-state index in [0.717, 1.165) is 23.1 Å². The molecule has 0 unspecified atom stereocenters. The van der Waals surface area contributed by atoms with Gasteiger partial charge in [-0.3, -0.25) is 9.59 Å². The zero-order valence-corrected chi connectivity index (χ0v) is 9.87. The Bertz CT molecular complexity index is 647. The molecule has 0 saturated heterocycles. The Morgan fingerprint density at radius 2 is 1.88 bits per heavy atom. The van der Waals surface area contributed by atoms with Gasteiger partial charge in [-0.1, -0.05) is 0 Å². The van der Waals surface area contributed by atoms with Crippen LogP contribution in [0.15, 0.2) is 11.0 Å². The van der Waals surface area contributed by atoms with E-state index in [4.69, 9.17) is 0 Å². The molecule has 0 saturated carbocycles. The summed E-state index contributed by atoms with van der Waals surface area (Å²) in [6.45, 7) is 3.79. The molecule has 0 N–H and O–H groups in total. The van der Waals surface area contributed by atoms with Crippen LogP contribution >= 0.6 is 0 Å². The Morgan fingerprint density at radius 3 is 2.44 bits per heavy atom. The van der Waals surface area contributed by atoms with Crippen molar-refractivity contribution < 1.29 is 4.79 Å². The van der Waals surface area contributed by atoms with Crippen molar-refractivity contribution in [2.75, 3.05) is 0 Å². The third kappa shape index (κ3) is 1.16. The van der Waals surface area contributed by atoms with Crippen LogP contribution in [0.2, 0.25) is 0 Å². The van der Waals surface area contributed by atoms with Crippen molar-refractivity contribution in [1.82, 2.24) is 9.13 Å². The number of pyridine rings is 1. The van der Waals surface area contributed by atoms with Gasteiger partial charge in [0.15, 0.2) is 6.29 Å². The summed E-state index contributed by atoms with van der Waals surface area (Å²) in [5, 5.41) is 0.525. The van der Waals surface area contributed by atoms with Crippen molar-refractivity contribution in [3.05, 3.63) is 33.4 Å². The molecular weight excluding hydrogens is 204 g/mol. The number of nitrogens with zero attached hydrogens (tertiary/aromatic N) is 2. The second-order valence-corrected chi connectivity index (χ2v) is 4.13. The zero-order chi connectivity index (χ0) is 12.0. The Balaban J connectivity index is 3.19. The molecule has 2 rings (SSSR count). The van der Waals surface area contributed by atoms with Crippen molar-refractivity contribution in [1.29, 1.82) is 0 Å². The molecule has 0 aliphatic heterocycles. The van der Waals surface area contributed by atoms with Crippen LogP contribution < -0.4 is 5.56 Å². The predicted octanol–water partition coefficient (Wildman–Crippen LogP) is 1.31. The van der Waals surface area contributed by atoms with E-state index in [-0.39, 0.29) is 5.56 Å². The van der Waals surface area contributed by atoms with Crippen LogP contribution in [0, 0.1) is 13.8 Å². The first-order chi connectivity index (χ1) is 7.49. The number of hydrogen-bond acceptors (Lipinski definition) is 2. The Morgan fingerprint density at radius 1 is 1.25 bits per heavy atom. The van der Waals surface area contributed by atoms with Crippen LogP contribution in [0.3, 0.4) is 0 Å². The summed E-state index contributed by atoms with van der Waals surface area (Å²) in [5.41, 5.74) is 3.06. The third-order valence-corrected chi connectivity index (χ3v) is 3.15. The molecule has 0 amide bonds. The largest absolute Gasteiger partial charge is 0.347 e. The molecule has 2 aromatic heterocycles. The molecule has 0 aromatic carbocycles. The molecule has 0 aliphatic rings. The maximum Gasteiger partial charge on any atom is 0.260 e. The molecule has 84 valence electrons. The van der Waals surface area contributed by atoms with Gasteiger partial charge in [-0.15, -0.1) is 0 Å². The summed E-state index contributed by atoms with van der Waals surface area (Å²) in [7, 11) is 3.57. The molecule has 0 radical (unpaired) electrons. The SMILES string of the molecule is Cc1cn(C)c(=O)c2c(C=O)c(C)n(C)c12. The standard InChI is InChI=1S/C12H14N2O2/c1-7-5-13(3)12(16)10-9(6-15)8(2)14(4)11(7)10/h5-6H,1-4H3. The van der Waals surface area contributed by atoms with E-state index < -0.39 is 0 Å². The molecule has 0 spiro atoms. The van der Waals surface area contributed by atoms with Gasteiger partial charge in [-0.2, -0.15) is 0 Å². The Hall–Kier alpha value is -1.84. The van der Waals surface area contributed by atoms with Gasteiger partial charge in [0.1, 0.15) is 0 Å². The van der Waals surface area contributed by atoms with Gasteiger partial charge in [0.25, 0.3) is 5.56 Å². The summed E-state index contributed by atoms with van der Waals surface area (Å²) in [5.74, 6) is 0. The van der Waals surface area contributed by atoms with Crippen molar-refractivity contribution in [3.8, 4) is 0 Å². The van der Waals surface area contributed by atoms with Crippen molar-refractivity contribution in [2.24, 2.45) is 14.1 Å². The molecule has 0 atom stereocenters. The van der Waals surface area contributed by atoms with Crippen LogP contribution in [-0.2, 0) is 14.1 Å². The summed E-state index contributed by atoms with van der Waals surface area (Å²) < 4.78 is 3.42. The van der Waals surface area contributed by atoms with Crippen molar-refractivity contribution >= 4 is 17.2 Å². The monoisotopic (exact) mass is 218 g/mol. The molecule has 4 heteroatoms. The van der Waals surface area contributed by atoms with Gasteiger partial charge in [0.05, 0.1) is 10.9 Å². The van der Waals surface area contributed by atoms with Gasteiger partial charge in [-0.05, 0) is 19.4 Å². The molecular formula is C12H14N2O2. The number of aromatic nitrogens is 2. The fourth-order valence-corrected chi connectivity index (χ4v) is 2.23. The molecule has 16 heavy (non-hydrogen) atoms. The fourth-order valence-electron chi connectivity index (χ4n) is 2.23. The second kappa shape index (κ2) is 3.33. The van der Waals surface area contributed by atoms with E-state index in [1.807, 2.05) is 25.5 Å². The molecule has 0 aliphatic carbocycles. The van der Waals surface area contributed by atoms with Crippen LogP contribution in [0.5, 0.6) is 0 Å². The van der Waals surface area contributed by atoms with Crippen LogP contribution in [0.4, 0.5) is 0 Å². The van der Waals surface area contributed by atoms with Gasteiger partial charge in [0, 0.05) is 31.5 Å². The number of aryl methyl sites for hydroxylation is 3. The number of hydrogen-bond donors (Lipinski definition) is 0. The van der Waals surface area contributed by atoms with E-state index in [1.54, 1.807) is 13.2 Å². The molecule has 0 bridgehead atoms. The summed E-state index contributed by atoms with van der Waals surface area (Å²) in [6, 6.07) is 0. The van der Waals surface area contributed by atoms with Gasteiger partial charge in [0.2, 0.25) is 0 Å². The second-order valence-electron chi connectivity index (χ2n) is 4.13. The van der Waals surface area contributed by atoms with Gasteiger partial charge in [-0.25, -0.2) is 0 Å². The van der Waals surface area contributed by atoms with Crippen molar-refractivity contribution in [3.63, 3.8) is 0 Å². The zero-order valence-electron chi connectivity index (χ0n) is 9.87. The topological polar surface area (TPSA) is 44.0 Å². The van der Waals surface area contributed by atoms with E-state index in [2.05, 4.69) is 0 Å². The number of carbonyl (C=O) groups is 1. The normalized spacial score (nSPS) is 11.0. The number of aldehydes is 1. The smallest absolute Gasteiger partial charge is 0.260 e. The predicted molar refractivity (Wildman–Crippen MR) is 63.0 cm³/mol. The van der Waals surface area contributed by atoms with Crippen LogP contribution in [0.25, 0.3) is 10.9 Å². The van der Waals surface area contributed by atoms with Crippen LogP contribution in [-0.4, -0.2) is 15.4 Å². The first-order valence-electron chi connectivity index (χ1n) is 5.09. The number of carbonyl (C=O) groups excluding carboxylic acids is 1. The first kappa shape index (κ1) is 10.7. The quantitative estimate of drug-likeness (QED) is 0.677. The Kier molecular flexibility index (Phi) is 2.22.